The molecule has 0 aromatic heterocycles. The quantitative estimate of drug-likeness (QED) is 0.169. The van der Waals surface area contributed by atoms with E-state index in [-0.39, 0.29) is 17.0 Å². The third kappa shape index (κ3) is 7.09. The van der Waals surface area contributed by atoms with Crippen LogP contribution in [-0.4, -0.2) is 6.61 Å². The second kappa shape index (κ2) is 13.0. The van der Waals surface area contributed by atoms with Gasteiger partial charge in [0.2, 0.25) is 0 Å². The zero-order valence-electron chi connectivity index (χ0n) is 22.0. The molecule has 0 spiro atoms. The van der Waals surface area contributed by atoms with Gasteiger partial charge in [-0.3, -0.25) is 0 Å². The van der Waals surface area contributed by atoms with Gasteiger partial charge in [-0.25, -0.2) is 13.2 Å². The highest BCUT2D eigenvalue weighted by molar-refractivity contribution is 5.71. The van der Waals surface area contributed by atoms with Gasteiger partial charge in [-0.1, -0.05) is 56.9 Å². The van der Waals surface area contributed by atoms with Gasteiger partial charge in [-0.2, -0.15) is 17.6 Å². The largest absolute Gasteiger partial charge is 0.429 e. The van der Waals surface area contributed by atoms with Crippen LogP contribution in [0.5, 0.6) is 11.5 Å². The Labute approximate surface area is 229 Å². The van der Waals surface area contributed by atoms with E-state index in [1.54, 1.807) is 0 Å². The van der Waals surface area contributed by atoms with Crippen molar-refractivity contribution < 1.29 is 40.2 Å². The van der Waals surface area contributed by atoms with Gasteiger partial charge >= 0.3 is 12.7 Å². The summed E-state index contributed by atoms with van der Waals surface area (Å²) in [6, 6.07) is 10.1. The molecule has 0 amide bonds. The van der Waals surface area contributed by atoms with E-state index in [9.17, 15) is 17.6 Å². The lowest BCUT2D eigenvalue weighted by atomic mass is 9.77. The summed E-state index contributed by atoms with van der Waals surface area (Å²) in [7, 11) is 0. The van der Waals surface area contributed by atoms with Gasteiger partial charge in [0, 0.05) is 5.56 Å². The molecule has 0 bridgehead atoms. The van der Waals surface area contributed by atoms with Crippen LogP contribution in [-0.2, 0) is 6.11 Å². The molecule has 9 heteroatoms. The summed E-state index contributed by atoms with van der Waals surface area (Å²) in [4.78, 5) is 0. The highest BCUT2D eigenvalue weighted by Gasteiger charge is 2.39. The normalized spacial score (nSPS) is 17.7. The average molecular weight is 569 g/mol. The molecule has 3 aromatic rings. The van der Waals surface area contributed by atoms with Crippen LogP contribution < -0.4 is 9.47 Å². The van der Waals surface area contributed by atoms with Crippen molar-refractivity contribution in [2.24, 2.45) is 5.92 Å². The fourth-order valence-electron chi connectivity index (χ4n) is 5.39. The minimum atomic E-state index is -4.12. The summed E-state index contributed by atoms with van der Waals surface area (Å²) in [6.07, 6.45) is 4.48. The van der Waals surface area contributed by atoms with Crippen molar-refractivity contribution in [3.8, 4) is 22.6 Å². The Kier molecular flexibility index (Phi) is 9.64. The summed E-state index contributed by atoms with van der Waals surface area (Å²) in [5.74, 6) is -5.05. The molecule has 1 saturated carbocycles. The Bertz CT molecular complexity index is 1260. The molecule has 0 unspecified atom stereocenters. The molecule has 0 saturated heterocycles. The van der Waals surface area contributed by atoms with E-state index >= 15 is 13.2 Å². The maximum Gasteiger partial charge on any atom is 0.429 e. The molecule has 0 atom stereocenters. The summed E-state index contributed by atoms with van der Waals surface area (Å²) < 4.78 is 108. The predicted molar refractivity (Wildman–Crippen MR) is 138 cm³/mol. The topological polar surface area (TPSA) is 18.5 Å². The maximum atomic E-state index is 15.2. The third-order valence-electron chi connectivity index (χ3n) is 7.48. The molecule has 2 nitrogen and oxygen atoms in total. The highest BCUT2D eigenvalue weighted by Crippen LogP contribution is 2.42. The van der Waals surface area contributed by atoms with Crippen molar-refractivity contribution in [2.45, 2.75) is 76.9 Å². The SMILES string of the molecule is CCCCC[C@H]1CC[C@H](c2ccc(C(F)(F)Oc3ccccc3-c3cc(F)c(OC(F)F)c(F)c3)c(F)c2)CC1. The fraction of sp³-hybridized carbons (Fsp3) is 0.419. The highest BCUT2D eigenvalue weighted by atomic mass is 19.3. The third-order valence-corrected chi connectivity index (χ3v) is 7.48. The molecule has 1 aliphatic carbocycles. The fourth-order valence-corrected chi connectivity index (χ4v) is 5.39. The summed E-state index contributed by atoms with van der Waals surface area (Å²) in [5, 5.41) is 0. The van der Waals surface area contributed by atoms with Gasteiger partial charge in [0.05, 0.1) is 5.56 Å². The average Bonchev–Trinajstić information content (AvgIpc) is 2.91. The molecule has 1 fully saturated rings. The van der Waals surface area contributed by atoms with Crippen molar-refractivity contribution in [1.29, 1.82) is 0 Å². The zero-order valence-corrected chi connectivity index (χ0v) is 22.0. The summed E-state index contributed by atoms with van der Waals surface area (Å²) >= 11 is 0. The molecule has 216 valence electrons. The van der Waals surface area contributed by atoms with Gasteiger partial charge in [0.1, 0.15) is 11.6 Å². The van der Waals surface area contributed by atoms with Crippen LogP contribution in [0.2, 0.25) is 0 Å². The van der Waals surface area contributed by atoms with E-state index in [2.05, 4.69) is 11.7 Å². The van der Waals surface area contributed by atoms with E-state index in [1.807, 2.05) is 0 Å². The first-order valence-corrected chi connectivity index (χ1v) is 13.5. The molecule has 3 aromatic carbocycles. The Morgan fingerprint density at radius 1 is 0.850 bits per heavy atom. The molecule has 4 rings (SSSR count). The van der Waals surface area contributed by atoms with Gasteiger partial charge in [0.15, 0.2) is 17.4 Å². The van der Waals surface area contributed by atoms with E-state index in [1.165, 1.54) is 49.9 Å². The molecule has 0 aliphatic heterocycles. The monoisotopic (exact) mass is 568 g/mol. The number of hydrogen-bond acceptors (Lipinski definition) is 2. The standard InChI is InChI=1S/C31H31F7O2/c1-2-3-4-7-19-10-12-20(13-11-19)21-14-15-24(25(32)16-21)31(37,38)40-28-9-6-5-8-23(28)22-17-26(33)29(27(34)18-22)39-30(35)36/h5-6,8-9,14-20,30H,2-4,7,10-13H2,1H3/t19-,20-. The minimum absolute atomic E-state index is 0.100. The predicted octanol–water partition coefficient (Wildman–Crippen LogP) is 10.4. The van der Waals surface area contributed by atoms with Crippen molar-refractivity contribution in [2.75, 3.05) is 0 Å². The molecular formula is C31H31F7O2. The van der Waals surface area contributed by atoms with Crippen LogP contribution in [0.4, 0.5) is 30.7 Å². The minimum Gasteiger partial charge on any atom is -0.429 e. The second-order valence-electron chi connectivity index (χ2n) is 10.2. The number of alkyl halides is 4. The second-order valence-corrected chi connectivity index (χ2v) is 10.2. The van der Waals surface area contributed by atoms with E-state index < -0.39 is 47.2 Å². The lowest BCUT2D eigenvalue weighted by Crippen LogP contribution is -2.24. The molecule has 40 heavy (non-hydrogen) atoms. The first kappa shape index (κ1) is 29.7. The first-order valence-electron chi connectivity index (χ1n) is 13.5. The first-order chi connectivity index (χ1) is 19.1. The van der Waals surface area contributed by atoms with Gasteiger partial charge in [-0.15, -0.1) is 0 Å². The summed E-state index contributed by atoms with van der Waals surface area (Å²) in [6.45, 7) is -1.30. The van der Waals surface area contributed by atoms with Crippen LogP contribution >= 0.6 is 0 Å². The lowest BCUT2D eigenvalue weighted by Gasteiger charge is -2.29. The Morgan fingerprint density at radius 3 is 2.15 bits per heavy atom. The van der Waals surface area contributed by atoms with Crippen LogP contribution in [0.1, 0.15) is 75.3 Å². The smallest absolute Gasteiger partial charge is 0.429 e. The zero-order chi connectivity index (χ0) is 28.9. The maximum absolute atomic E-state index is 15.2. The van der Waals surface area contributed by atoms with Crippen molar-refractivity contribution in [1.82, 2.24) is 0 Å². The molecular weight excluding hydrogens is 537 g/mol. The lowest BCUT2D eigenvalue weighted by molar-refractivity contribution is -0.187. The number of hydrogen-bond donors (Lipinski definition) is 0. The number of rotatable bonds is 11. The number of ether oxygens (including phenoxy) is 2. The van der Waals surface area contributed by atoms with E-state index in [0.717, 1.165) is 43.9 Å². The van der Waals surface area contributed by atoms with Crippen LogP contribution in [0.15, 0.2) is 54.6 Å². The van der Waals surface area contributed by atoms with Crippen LogP contribution in [0.25, 0.3) is 11.1 Å². The van der Waals surface area contributed by atoms with Gasteiger partial charge in [-0.05, 0) is 79.0 Å². The van der Waals surface area contributed by atoms with Crippen molar-refractivity contribution in [3.63, 3.8) is 0 Å². The molecule has 1 aliphatic rings. The van der Waals surface area contributed by atoms with E-state index in [4.69, 9.17) is 4.74 Å². The number of para-hydroxylation sites is 1. The molecule has 0 radical (unpaired) electrons. The van der Waals surface area contributed by atoms with Crippen molar-refractivity contribution >= 4 is 0 Å². The Balaban J connectivity index is 1.51. The number of halogens is 7. The Morgan fingerprint density at radius 2 is 1.52 bits per heavy atom. The Hall–Kier alpha value is -3.23. The van der Waals surface area contributed by atoms with Crippen molar-refractivity contribution in [3.05, 3.63) is 83.2 Å². The molecule has 0 N–H and O–H groups in total. The van der Waals surface area contributed by atoms with Gasteiger partial charge in [0.25, 0.3) is 0 Å². The molecule has 0 heterocycles. The van der Waals surface area contributed by atoms with Crippen LogP contribution in [0.3, 0.4) is 0 Å². The number of benzene rings is 3. The van der Waals surface area contributed by atoms with Gasteiger partial charge < -0.3 is 9.47 Å². The van der Waals surface area contributed by atoms with Crippen LogP contribution in [0, 0.1) is 23.4 Å². The summed E-state index contributed by atoms with van der Waals surface area (Å²) in [5.41, 5.74) is -0.723. The van der Waals surface area contributed by atoms with E-state index in [0.29, 0.717) is 23.6 Å². The number of unbranched alkanes of at least 4 members (excludes halogenated alkanes) is 2.